The van der Waals surface area contributed by atoms with Gasteiger partial charge in [-0.05, 0) is 25.1 Å². The van der Waals surface area contributed by atoms with Gasteiger partial charge in [0, 0.05) is 7.11 Å². The van der Waals surface area contributed by atoms with Crippen LogP contribution in [0.1, 0.15) is 13.0 Å². The summed E-state index contributed by atoms with van der Waals surface area (Å²) in [6.45, 7) is 2.38. The smallest absolute Gasteiger partial charge is 0.261 e. The summed E-state index contributed by atoms with van der Waals surface area (Å²) >= 11 is 0. The van der Waals surface area contributed by atoms with Crippen LogP contribution in [0.15, 0.2) is 29.3 Å². The number of methoxy groups -OCH3 is 2. The van der Waals surface area contributed by atoms with Crippen molar-refractivity contribution >= 4 is 10.9 Å². The van der Waals surface area contributed by atoms with Crippen LogP contribution >= 0.6 is 0 Å². The van der Waals surface area contributed by atoms with E-state index in [0.29, 0.717) is 23.3 Å². The number of nitrogens with zero attached hydrogens (tertiary/aromatic N) is 2. The first kappa shape index (κ1) is 12.6. The lowest BCUT2D eigenvalue weighted by Gasteiger charge is -2.14. The first-order valence-corrected chi connectivity index (χ1v) is 5.71. The molecule has 2 rings (SSSR count). The summed E-state index contributed by atoms with van der Waals surface area (Å²) < 4.78 is 11.8. The average Bonchev–Trinajstić information content (AvgIpc) is 2.39. The van der Waals surface area contributed by atoms with E-state index in [1.54, 1.807) is 43.3 Å². The van der Waals surface area contributed by atoms with Gasteiger partial charge in [0.05, 0.1) is 37.0 Å². The van der Waals surface area contributed by atoms with Gasteiger partial charge < -0.3 is 9.47 Å². The average molecular weight is 248 g/mol. The first-order chi connectivity index (χ1) is 8.67. The van der Waals surface area contributed by atoms with Gasteiger partial charge in [-0.25, -0.2) is 4.98 Å². The van der Waals surface area contributed by atoms with Gasteiger partial charge in [-0.1, -0.05) is 0 Å². The van der Waals surface area contributed by atoms with Gasteiger partial charge in [-0.3, -0.25) is 9.36 Å². The van der Waals surface area contributed by atoms with E-state index in [1.165, 1.54) is 0 Å². The molecule has 0 saturated carbocycles. The molecule has 5 nitrogen and oxygen atoms in total. The van der Waals surface area contributed by atoms with Gasteiger partial charge in [-0.15, -0.1) is 0 Å². The van der Waals surface area contributed by atoms with Gasteiger partial charge in [0.15, 0.2) is 0 Å². The molecular weight excluding hydrogens is 232 g/mol. The predicted octanol–water partition coefficient (Wildman–Crippen LogP) is 1.61. The largest absolute Gasteiger partial charge is 0.497 e. The quantitative estimate of drug-likeness (QED) is 0.825. The van der Waals surface area contributed by atoms with E-state index in [-0.39, 0.29) is 11.6 Å². The molecule has 1 unspecified atom stereocenters. The van der Waals surface area contributed by atoms with Crippen LogP contribution < -0.4 is 10.3 Å². The van der Waals surface area contributed by atoms with E-state index in [2.05, 4.69) is 4.98 Å². The molecule has 0 bridgehead atoms. The van der Waals surface area contributed by atoms with Crippen molar-refractivity contribution in [2.45, 2.75) is 13.0 Å². The maximum absolute atomic E-state index is 12.3. The summed E-state index contributed by atoms with van der Waals surface area (Å²) in [6, 6.07) is 5.23. The third-order valence-electron chi connectivity index (χ3n) is 2.87. The van der Waals surface area contributed by atoms with Gasteiger partial charge in [-0.2, -0.15) is 0 Å². The Balaban J connectivity index is 2.58. The first-order valence-electron chi connectivity index (χ1n) is 5.71. The Morgan fingerprint density at radius 1 is 1.39 bits per heavy atom. The van der Waals surface area contributed by atoms with Crippen molar-refractivity contribution < 1.29 is 9.47 Å². The standard InChI is InChI=1S/C13H16N2O3/c1-9(7-17-2)15-8-14-12-5-4-10(18-3)6-11(12)13(15)16/h4-6,8-9H,7H2,1-3H3. The molecular formula is C13H16N2O3. The van der Waals surface area contributed by atoms with E-state index in [0.717, 1.165) is 0 Å². The lowest BCUT2D eigenvalue weighted by molar-refractivity contribution is 0.160. The molecule has 1 aromatic carbocycles. The van der Waals surface area contributed by atoms with Crippen LogP contribution in [0, 0.1) is 0 Å². The Bertz CT molecular complexity index is 607. The monoisotopic (exact) mass is 248 g/mol. The lowest BCUT2D eigenvalue weighted by atomic mass is 10.2. The van der Waals surface area contributed by atoms with Crippen molar-refractivity contribution in [1.82, 2.24) is 9.55 Å². The summed E-state index contributed by atoms with van der Waals surface area (Å²) in [4.78, 5) is 16.6. The molecule has 0 radical (unpaired) electrons. The Hall–Kier alpha value is -1.88. The van der Waals surface area contributed by atoms with Crippen molar-refractivity contribution in [1.29, 1.82) is 0 Å². The molecule has 5 heteroatoms. The highest BCUT2D eigenvalue weighted by atomic mass is 16.5. The maximum atomic E-state index is 12.3. The SMILES string of the molecule is COCC(C)n1cnc2ccc(OC)cc2c1=O. The minimum Gasteiger partial charge on any atom is -0.497 e. The van der Waals surface area contributed by atoms with Crippen molar-refractivity contribution in [3.05, 3.63) is 34.9 Å². The van der Waals surface area contributed by atoms with Gasteiger partial charge >= 0.3 is 0 Å². The number of ether oxygens (including phenoxy) is 2. The molecule has 0 aliphatic heterocycles. The van der Waals surface area contributed by atoms with E-state index in [9.17, 15) is 4.79 Å². The Morgan fingerprint density at radius 2 is 2.17 bits per heavy atom. The molecule has 1 atom stereocenters. The van der Waals surface area contributed by atoms with Crippen LogP contribution in [-0.4, -0.2) is 30.4 Å². The zero-order chi connectivity index (χ0) is 13.1. The number of fused-ring (bicyclic) bond motifs is 1. The molecule has 2 aromatic rings. The molecule has 1 heterocycles. The van der Waals surface area contributed by atoms with Crippen molar-refractivity contribution in [2.24, 2.45) is 0 Å². The van der Waals surface area contributed by atoms with E-state index in [4.69, 9.17) is 9.47 Å². The predicted molar refractivity (Wildman–Crippen MR) is 69.1 cm³/mol. The Morgan fingerprint density at radius 3 is 2.83 bits per heavy atom. The normalized spacial score (nSPS) is 12.6. The fraction of sp³-hybridized carbons (Fsp3) is 0.385. The second-order valence-electron chi connectivity index (χ2n) is 4.14. The van der Waals surface area contributed by atoms with Crippen LogP contribution in [0.3, 0.4) is 0 Å². The van der Waals surface area contributed by atoms with Crippen LogP contribution in [0.2, 0.25) is 0 Å². The third-order valence-corrected chi connectivity index (χ3v) is 2.87. The van der Waals surface area contributed by atoms with Gasteiger partial charge in [0.2, 0.25) is 0 Å². The highest BCUT2D eigenvalue weighted by Gasteiger charge is 2.10. The van der Waals surface area contributed by atoms with Gasteiger partial charge in [0.25, 0.3) is 5.56 Å². The van der Waals surface area contributed by atoms with Crippen LogP contribution in [0.25, 0.3) is 10.9 Å². The summed E-state index contributed by atoms with van der Waals surface area (Å²) in [5.41, 5.74) is 0.588. The molecule has 0 aliphatic carbocycles. The lowest BCUT2D eigenvalue weighted by Crippen LogP contribution is -2.26. The topological polar surface area (TPSA) is 53.4 Å². The van der Waals surface area contributed by atoms with E-state index >= 15 is 0 Å². The fourth-order valence-corrected chi connectivity index (χ4v) is 1.88. The molecule has 0 N–H and O–H groups in total. The number of hydrogen-bond donors (Lipinski definition) is 0. The Labute approximate surface area is 105 Å². The summed E-state index contributed by atoms with van der Waals surface area (Å²) in [6.07, 6.45) is 1.56. The van der Waals surface area contributed by atoms with E-state index < -0.39 is 0 Å². The summed E-state index contributed by atoms with van der Waals surface area (Å²) in [5, 5.41) is 0.555. The molecule has 0 fully saturated rings. The van der Waals surface area contributed by atoms with Crippen LogP contribution in [0.4, 0.5) is 0 Å². The van der Waals surface area contributed by atoms with E-state index in [1.807, 2.05) is 6.92 Å². The number of rotatable bonds is 4. The van der Waals surface area contributed by atoms with Crippen LogP contribution in [0.5, 0.6) is 5.75 Å². The minimum absolute atomic E-state index is 0.0504. The molecule has 0 saturated heterocycles. The zero-order valence-corrected chi connectivity index (χ0v) is 10.7. The maximum Gasteiger partial charge on any atom is 0.261 e. The highest BCUT2D eigenvalue weighted by molar-refractivity contribution is 5.78. The molecule has 0 amide bonds. The molecule has 0 spiro atoms. The summed E-state index contributed by atoms with van der Waals surface area (Å²) in [7, 11) is 3.18. The Kier molecular flexibility index (Phi) is 3.62. The van der Waals surface area contributed by atoms with Crippen LogP contribution in [-0.2, 0) is 4.74 Å². The van der Waals surface area contributed by atoms with Crippen molar-refractivity contribution in [3.8, 4) is 5.75 Å². The third kappa shape index (κ3) is 2.22. The molecule has 0 aliphatic rings. The number of aromatic nitrogens is 2. The second-order valence-corrected chi connectivity index (χ2v) is 4.14. The fourth-order valence-electron chi connectivity index (χ4n) is 1.88. The molecule has 96 valence electrons. The van der Waals surface area contributed by atoms with Crippen molar-refractivity contribution in [3.63, 3.8) is 0 Å². The minimum atomic E-state index is -0.0801. The zero-order valence-electron chi connectivity index (χ0n) is 10.7. The molecule has 1 aromatic heterocycles. The summed E-state index contributed by atoms with van der Waals surface area (Å²) in [5.74, 6) is 0.651. The highest BCUT2D eigenvalue weighted by Crippen LogP contribution is 2.16. The molecule has 18 heavy (non-hydrogen) atoms. The number of benzene rings is 1. The van der Waals surface area contributed by atoms with Gasteiger partial charge in [0.1, 0.15) is 5.75 Å². The second kappa shape index (κ2) is 5.18. The van der Waals surface area contributed by atoms with Crippen molar-refractivity contribution in [2.75, 3.05) is 20.8 Å². The number of hydrogen-bond acceptors (Lipinski definition) is 4.